The fraction of sp³-hybridized carbons (Fsp3) is 0.625. The van der Waals surface area contributed by atoms with E-state index in [0.717, 1.165) is 25.1 Å². The zero-order chi connectivity index (χ0) is 13.9. The van der Waals surface area contributed by atoms with Gasteiger partial charge in [-0.3, -0.25) is 4.90 Å². The Labute approximate surface area is 115 Å². The molecule has 1 fully saturated rings. The predicted molar refractivity (Wildman–Crippen MR) is 77.1 cm³/mol. The lowest BCUT2D eigenvalue weighted by atomic mass is 9.82. The average Bonchev–Trinajstić information content (AvgIpc) is 2.79. The first-order valence-corrected chi connectivity index (χ1v) is 7.12. The first-order valence-electron chi connectivity index (χ1n) is 7.12. The Hall–Kier alpha value is -0.900. The summed E-state index contributed by atoms with van der Waals surface area (Å²) in [6, 6.07) is 10.4. The average molecular weight is 263 g/mol. The van der Waals surface area contributed by atoms with Crippen molar-refractivity contribution in [3.8, 4) is 0 Å². The summed E-state index contributed by atoms with van der Waals surface area (Å²) in [6.45, 7) is 6.43. The number of hydrogen-bond donors (Lipinski definition) is 2. The van der Waals surface area contributed by atoms with E-state index in [2.05, 4.69) is 30.9 Å². The van der Waals surface area contributed by atoms with Crippen LogP contribution in [0.1, 0.15) is 25.8 Å². The van der Waals surface area contributed by atoms with Gasteiger partial charge in [0.2, 0.25) is 0 Å². The summed E-state index contributed by atoms with van der Waals surface area (Å²) >= 11 is 0. The van der Waals surface area contributed by atoms with Crippen molar-refractivity contribution >= 4 is 0 Å². The van der Waals surface area contributed by atoms with Gasteiger partial charge in [-0.1, -0.05) is 44.2 Å². The number of nitrogens with zero attached hydrogens (tertiary/aromatic N) is 1. The molecule has 2 N–H and O–H groups in total. The van der Waals surface area contributed by atoms with Crippen LogP contribution in [0.2, 0.25) is 0 Å². The molecule has 0 aromatic heterocycles. The normalized spacial score (nSPS) is 27.4. The van der Waals surface area contributed by atoms with Crippen LogP contribution in [0.15, 0.2) is 30.3 Å². The van der Waals surface area contributed by atoms with Crippen LogP contribution in [0.4, 0.5) is 0 Å². The van der Waals surface area contributed by atoms with Crippen LogP contribution in [0.3, 0.4) is 0 Å². The molecule has 3 heteroatoms. The second kappa shape index (κ2) is 6.04. The molecule has 1 aliphatic rings. The van der Waals surface area contributed by atoms with Crippen molar-refractivity contribution in [3.63, 3.8) is 0 Å². The first kappa shape index (κ1) is 14.5. The quantitative estimate of drug-likeness (QED) is 0.849. The molecule has 0 spiro atoms. The predicted octanol–water partition coefficient (Wildman–Crippen LogP) is 1.64. The summed E-state index contributed by atoms with van der Waals surface area (Å²) in [5.74, 6) is 0.531. The maximum absolute atomic E-state index is 9.83. The van der Waals surface area contributed by atoms with E-state index < -0.39 is 0 Å². The van der Waals surface area contributed by atoms with Gasteiger partial charge in [-0.15, -0.1) is 0 Å². The molecule has 3 atom stereocenters. The van der Waals surface area contributed by atoms with Gasteiger partial charge >= 0.3 is 0 Å². The van der Waals surface area contributed by atoms with E-state index in [0.29, 0.717) is 5.92 Å². The highest BCUT2D eigenvalue weighted by molar-refractivity contribution is 5.25. The highest BCUT2D eigenvalue weighted by atomic mass is 16.3. The first-order chi connectivity index (χ1) is 9.10. The highest BCUT2D eigenvalue weighted by Crippen LogP contribution is 2.30. The smallest absolute Gasteiger partial charge is 0.0589 e. The Morgan fingerprint density at radius 2 is 1.95 bits per heavy atom. The van der Waals surface area contributed by atoms with Crippen molar-refractivity contribution in [2.45, 2.75) is 31.7 Å². The molecule has 0 aliphatic carbocycles. The Balaban J connectivity index is 2.15. The zero-order valence-corrected chi connectivity index (χ0v) is 11.9. The zero-order valence-electron chi connectivity index (χ0n) is 11.9. The van der Waals surface area contributed by atoms with Crippen LogP contribution in [-0.2, 0) is 5.41 Å². The molecule has 106 valence electrons. The van der Waals surface area contributed by atoms with Crippen LogP contribution in [0, 0.1) is 5.92 Å². The van der Waals surface area contributed by atoms with Crippen molar-refractivity contribution in [2.75, 3.05) is 26.3 Å². The van der Waals surface area contributed by atoms with Crippen molar-refractivity contribution in [3.05, 3.63) is 35.9 Å². The molecular weight excluding hydrogens is 238 g/mol. The molecule has 0 saturated carbocycles. The summed E-state index contributed by atoms with van der Waals surface area (Å²) in [5, 5.41) is 19.4. The van der Waals surface area contributed by atoms with Gasteiger partial charge in [-0.25, -0.2) is 0 Å². The van der Waals surface area contributed by atoms with Gasteiger partial charge in [0, 0.05) is 18.0 Å². The highest BCUT2D eigenvalue weighted by Gasteiger charge is 2.36. The number of hydrogen-bond acceptors (Lipinski definition) is 3. The van der Waals surface area contributed by atoms with E-state index in [-0.39, 0.29) is 24.7 Å². The maximum Gasteiger partial charge on any atom is 0.0589 e. The van der Waals surface area contributed by atoms with E-state index in [1.807, 2.05) is 18.2 Å². The van der Waals surface area contributed by atoms with Crippen LogP contribution in [0.25, 0.3) is 0 Å². The molecule has 1 aromatic carbocycles. The van der Waals surface area contributed by atoms with E-state index in [4.69, 9.17) is 0 Å². The molecule has 3 unspecified atom stereocenters. The van der Waals surface area contributed by atoms with E-state index in [1.165, 1.54) is 0 Å². The largest absolute Gasteiger partial charge is 0.395 e. The van der Waals surface area contributed by atoms with Gasteiger partial charge in [0.05, 0.1) is 13.2 Å². The van der Waals surface area contributed by atoms with Gasteiger partial charge in [0.1, 0.15) is 0 Å². The summed E-state index contributed by atoms with van der Waals surface area (Å²) in [7, 11) is 0. The maximum atomic E-state index is 9.83. The molecule has 1 heterocycles. The van der Waals surface area contributed by atoms with Gasteiger partial charge in [-0.2, -0.15) is 0 Å². The minimum atomic E-state index is -0.265. The van der Waals surface area contributed by atoms with Crippen molar-refractivity contribution in [2.24, 2.45) is 5.92 Å². The summed E-state index contributed by atoms with van der Waals surface area (Å²) < 4.78 is 0. The SMILES string of the molecule is CC1CCN(CC(C)(CO)c2ccccc2)C1CO. The monoisotopic (exact) mass is 263 g/mol. The summed E-state index contributed by atoms with van der Waals surface area (Å²) in [5.41, 5.74) is 0.896. The Kier molecular flexibility index (Phi) is 4.61. The van der Waals surface area contributed by atoms with Crippen molar-refractivity contribution < 1.29 is 10.2 Å². The standard InChI is InChI=1S/C16H25NO2/c1-13-8-9-17(15(13)10-18)11-16(2,12-19)14-6-4-3-5-7-14/h3-7,13,15,18-19H,8-12H2,1-2H3. The summed E-state index contributed by atoms with van der Waals surface area (Å²) in [6.07, 6.45) is 1.13. The fourth-order valence-corrected chi connectivity index (χ4v) is 3.10. The van der Waals surface area contributed by atoms with Crippen LogP contribution >= 0.6 is 0 Å². The minimum absolute atomic E-state index is 0.125. The lowest BCUT2D eigenvalue weighted by Gasteiger charge is -2.35. The molecule has 19 heavy (non-hydrogen) atoms. The van der Waals surface area contributed by atoms with Crippen molar-refractivity contribution in [1.82, 2.24) is 4.90 Å². The number of likely N-dealkylation sites (tertiary alicyclic amines) is 1. The third kappa shape index (κ3) is 2.99. The van der Waals surface area contributed by atoms with Gasteiger partial charge < -0.3 is 10.2 Å². The molecule has 3 nitrogen and oxygen atoms in total. The third-order valence-electron chi connectivity index (χ3n) is 4.56. The second-order valence-corrected chi connectivity index (χ2v) is 6.07. The Morgan fingerprint density at radius 3 is 2.53 bits per heavy atom. The van der Waals surface area contributed by atoms with Gasteiger partial charge in [-0.05, 0) is 24.4 Å². The lowest BCUT2D eigenvalue weighted by molar-refractivity contribution is 0.0956. The molecule has 1 aliphatic heterocycles. The molecule has 1 aromatic rings. The molecular formula is C16H25NO2. The van der Waals surface area contributed by atoms with E-state index in [1.54, 1.807) is 0 Å². The third-order valence-corrected chi connectivity index (χ3v) is 4.56. The van der Waals surface area contributed by atoms with Gasteiger partial charge in [0.15, 0.2) is 0 Å². The van der Waals surface area contributed by atoms with Crippen LogP contribution in [-0.4, -0.2) is 47.5 Å². The molecule has 2 rings (SSSR count). The molecule has 0 amide bonds. The second-order valence-electron chi connectivity index (χ2n) is 6.07. The van der Waals surface area contributed by atoms with Gasteiger partial charge in [0.25, 0.3) is 0 Å². The Bertz CT molecular complexity index is 395. The molecule has 1 saturated heterocycles. The van der Waals surface area contributed by atoms with Crippen LogP contribution in [0.5, 0.6) is 0 Å². The number of benzene rings is 1. The topological polar surface area (TPSA) is 43.7 Å². The van der Waals surface area contributed by atoms with Crippen LogP contribution < -0.4 is 0 Å². The minimum Gasteiger partial charge on any atom is -0.395 e. The fourth-order valence-electron chi connectivity index (χ4n) is 3.10. The number of aliphatic hydroxyl groups is 2. The molecule has 0 radical (unpaired) electrons. The Morgan fingerprint density at radius 1 is 1.26 bits per heavy atom. The van der Waals surface area contributed by atoms with Crippen molar-refractivity contribution in [1.29, 1.82) is 0 Å². The lowest BCUT2D eigenvalue weighted by Crippen LogP contribution is -2.45. The summed E-state index contributed by atoms with van der Waals surface area (Å²) in [4.78, 5) is 2.33. The number of rotatable bonds is 5. The molecule has 0 bridgehead atoms. The number of aliphatic hydroxyl groups excluding tert-OH is 2. The van der Waals surface area contributed by atoms with E-state index >= 15 is 0 Å². The van der Waals surface area contributed by atoms with E-state index in [9.17, 15) is 10.2 Å².